The van der Waals surface area contributed by atoms with Crippen LogP contribution in [0.3, 0.4) is 0 Å². The molecule has 0 bridgehead atoms. The number of hydrogen-bond acceptors (Lipinski definition) is 6. The number of hydrazine groups is 1. The van der Waals surface area contributed by atoms with Gasteiger partial charge in [-0.25, -0.2) is 9.80 Å². The molecule has 2 amide bonds. The summed E-state index contributed by atoms with van der Waals surface area (Å²) in [4.78, 5) is 37.9. The van der Waals surface area contributed by atoms with Crippen molar-refractivity contribution in [2.75, 3.05) is 12.7 Å². The SMILES string of the molecule is O=C(O)[C@@H]1CCCN2C(=O)CC[C@H](OP(=O)(CCc3ccccc3)OCc3ccccc3)C(=O)N12. The number of carbonyl (C=O) groups is 3. The van der Waals surface area contributed by atoms with Gasteiger partial charge in [0.2, 0.25) is 5.91 Å². The van der Waals surface area contributed by atoms with Gasteiger partial charge in [0, 0.05) is 13.0 Å². The number of rotatable bonds is 9. The number of fused-ring (bicyclic) bond motifs is 1. The molecule has 2 aliphatic rings. The van der Waals surface area contributed by atoms with E-state index >= 15 is 0 Å². The zero-order chi connectivity index (χ0) is 24.8. The van der Waals surface area contributed by atoms with Crippen molar-refractivity contribution < 1.29 is 33.1 Å². The van der Waals surface area contributed by atoms with Gasteiger partial charge in [-0.3, -0.25) is 23.7 Å². The molecule has 0 radical (unpaired) electrons. The minimum atomic E-state index is -3.81. The fraction of sp³-hybridized carbons (Fsp3) is 0.400. The van der Waals surface area contributed by atoms with E-state index in [-0.39, 0.29) is 44.5 Å². The minimum Gasteiger partial charge on any atom is -0.480 e. The van der Waals surface area contributed by atoms with Crippen LogP contribution < -0.4 is 0 Å². The number of amides is 2. The van der Waals surface area contributed by atoms with E-state index in [9.17, 15) is 24.1 Å². The zero-order valence-electron chi connectivity index (χ0n) is 19.3. The molecule has 1 unspecified atom stereocenters. The average Bonchev–Trinajstić information content (AvgIpc) is 3.00. The molecule has 186 valence electrons. The van der Waals surface area contributed by atoms with Crippen LogP contribution in [0.4, 0.5) is 0 Å². The lowest BCUT2D eigenvalue weighted by atomic mass is 10.1. The Balaban J connectivity index is 1.56. The minimum absolute atomic E-state index is 0.00102. The summed E-state index contributed by atoms with van der Waals surface area (Å²) >= 11 is 0. The van der Waals surface area contributed by atoms with Crippen molar-refractivity contribution in [1.82, 2.24) is 10.0 Å². The third-order valence-corrected chi connectivity index (χ3v) is 8.04. The van der Waals surface area contributed by atoms with Crippen molar-refractivity contribution in [3.63, 3.8) is 0 Å². The fourth-order valence-corrected chi connectivity index (χ4v) is 6.09. The van der Waals surface area contributed by atoms with Gasteiger partial charge < -0.3 is 9.63 Å². The van der Waals surface area contributed by atoms with Crippen LogP contribution in [0.1, 0.15) is 36.8 Å². The van der Waals surface area contributed by atoms with Gasteiger partial charge in [-0.15, -0.1) is 0 Å². The zero-order valence-corrected chi connectivity index (χ0v) is 20.2. The van der Waals surface area contributed by atoms with Crippen molar-refractivity contribution in [2.24, 2.45) is 0 Å². The second-order valence-electron chi connectivity index (χ2n) is 8.66. The Kier molecular flexibility index (Phi) is 8.00. The highest BCUT2D eigenvalue weighted by Crippen LogP contribution is 2.51. The summed E-state index contributed by atoms with van der Waals surface area (Å²) in [6.45, 7) is 0.289. The number of aliphatic carboxylic acids is 1. The van der Waals surface area contributed by atoms with Crippen LogP contribution in [0.15, 0.2) is 60.7 Å². The third-order valence-electron chi connectivity index (χ3n) is 6.17. The van der Waals surface area contributed by atoms with E-state index in [1.54, 1.807) is 0 Å². The molecule has 0 aliphatic carbocycles. The summed E-state index contributed by atoms with van der Waals surface area (Å²) < 4.78 is 25.6. The van der Waals surface area contributed by atoms with Gasteiger partial charge in [0.15, 0.2) is 6.04 Å². The van der Waals surface area contributed by atoms with Crippen LogP contribution in [0.25, 0.3) is 0 Å². The lowest BCUT2D eigenvalue weighted by Gasteiger charge is -2.41. The molecule has 1 N–H and O–H groups in total. The monoisotopic (exact) mass is 500 g/mol. The molecule has 0 saturated carbocycles. The van der Waals surface area contributed by atoms with Crippen molar-refractivity contribution in [3.8, 4) is 0 Å². The van der Waals surface area contributed by atoms with Gasteiger partial charge in [0.1, 0.15) is 6.10 Å². The molecule has 2 aromatic carbocycles. The summed E-state index contributed by atoms with van der Waals surface area (Å²) in [5.41, 5.74) is 1.74. The molecule has 4 rings (SSSR count). The molecule has 10 heteroatoms. The van der Waals surface area contributed by atoms with Crippen LogP contribution in [-0.4, -0.2) is 57.8 Å². The number of carboxylic acid groups (broad SMARTS) is 1. The number of nitrogens with zero attached hydrogens (tertiary/aromatic N) is 2. The highest BCUT2D eigenvalue weighted by Gasteiger charge is 2.46. The quantitative estimate of drug-likeness (QED) is 0.523. The van der Waals surface area contributed by atoms with Crippen molar-refractivity contribution in [3.05, 3.63) is 71.8 Å². The molecule has 2 saturated heterocycles. The van der Waals surface area contributed by atoms with Gasteiger partial charge in [0.05, 0.1) is 12.8 Å². The Morgan fingerprint density at radius 3 is 2.31 bits per heavy atom. The van der Waals surface area contributed by atoms with Crippen LogP contribution in [0.2, 0.25) is 0 Å². The van der Waals surface area contributed by atoms with Crippen LogP contribution in [-0.2, 0) is 41.0 Å². The highest BCUT2D eigenvalue weighted by atomic mass is 31.2. The molecule has 0 spiro atoms. The van der Waals surface area contributed by atoms with Crippen molar-refractivity contribution >= 4 is 25.4 Å². The van der Waals surface area contributed by atoms with Crippen LogP contribution in [0.5, 0.6) is 0 Å². The van der Waals surface area contributed by atoms with Gasteiger partial charge in [0.25, 0.3) is 5.91 Å². The molecule has 2 heterocycles. The van der Waals surface area contributed by atoms with Crippen molar-refractivity contribution in [1.29, 1.82) is 0 Å². The number of carboxylic acids is 1. The van der Waals surface area contributed by atoms with Gasteiger partial charge in [-0.1, -0.05) is 60.7 Å². The molecule has 9 nitrogen and oxygen atoms in total. The molecular formula is C25H29N2O7P. The first-order valence-corrected chi connectivity index (χ1v) is 13.4. The summed E-state index contributed by atoms with van der Waals surface area (Å²) in [6.07, 6.45) is -0.117. The summed E-state index contributed by atoms with van der Waals surface area (Å²) in [7, 11) is -3.81. The molecule has 35 heavy (non-hydrogen) atoms. The van der Waals surface area contributed by atoms with Gasteiger partial charge in [-0.05, 0) is 36.8 Å². The van der Waals surface area contributed by atoms with E-state index in [0.29, 0.717) is 12.8 Å². The molecule has 2 aromatic rings. The summed E-state index contributed by atoms with van der Waals surface area (Å²) in [5.74, 6) is -2.21. The topological polar surface area (TPSA) is 113 Å². The first-order chi connectivity index (χ1) is 16.9. The van der Waals surface area contributed by atoms with Crippen LogP contribution in [0, 0.1) is 0 Å². The normalized spacial score (nSPS) is 22.3. The molecule has 2 fully saturated rings. The first kappa shape index (κ1) is 25.1. The number of aryl methyl sites for hydroxylation is 1. The summed E-state index contributed by atoms with van der Waals surface area (Å²) in [5, 5.41) is 11.9. The lowest BCUT2D eigenvalue weighted by Crippen LogP contribution is -2.60. The largest absolute Gasteiger partial charge is 0.480 e. The predicted octanol–water partition coefficient (Wildman–Crippen LogP) is 3.64. The van der Waals surface area contributed by atoms with E-state index < -0.39 is 31.6 Å². The molecular weight excluding hydrogens is 471 g/mol. The molecule has 2 aliphatic heterocycles. The smallest absolute Gasteiger partial charge is 0.332 e. The second kappa shape index (κ2) is 11.2. The third kappa shape index (κ3) is 6.17. The van der Waals surface area contributed by atoms with Gasteiger partial charge >= 0.3 is 13.6 Å². The maximum absolute atomic E-state index is 13.9. The average molecular weight is 500 g/mol. The second-order valence-corrected chi connectivity index (χ2v) is 10.8. The Morgan fingerprint density at radius 1 is 1.00 bits per heavy atom. The first-order valence-electron chi connectivity index (χ1n) is 11.7. The standard InChI is InChI=1S/C25H29N2O7P/c28-23-14-13-22(24(29)27-21(25(30)31)12-7-16-26(23)27)34-35(32,17-15-19-8-3-1-4-9-19)33-18-20-10-5-2-6-11-20/h1-6,8-11,21-22H,7,12-18H2,(H,30,31)/t21-,22-,35?/m0/s1. The maximum Gasteiger partial charge on any atom is 0.332 e. The number of benzene rings is 2. The lowest BCUT2D eigenvalue weighted by molar-refractivity contribution is -0.183. The summed E-state index contributed by atoms with van der Waals surface area (Å²) in [6, 6.07) is 17.5. The Morgan fingerprint density at radius 2 is 1.66 bits per heavy atom. The Hall–Kier alpha value is -3.00. The Bertz CT molecular complexity index is 1050. The van der Waals surface area contributed by atoms with E-state index in [1.165, 1.54) is 5.01 Å². The molecule has 3 atom stereocenters. The highest BCUT2D eigenvalue weighted by molar-refractivity contribution is 7.53. The van der Waals surface area contributed by atoms with E-state index in [1.807, 2.05) is 60.7 Å². The Labute approximate surface area is 204 Å². The van der Waals surface area contributed by atoms with Crippen molar-refractivity contribution in [2.45, 2.75) is 50.9 Å². The number of hydrogen-bond donors (Lipinski definition) is 1. The fourth-order valence-electron chi connectivity index (χ4n) is 4.33. The van der Waals surface area contributed by atoms with Gasteiger partial charge in [-0.2, -0.15) is 0 Å². The van der Waals surface area contributed by atoms with Crippen LogP contribution >= 0.6 is 7.60 Å². The van der Waals surface area contributed by atoms with E-state index in [2.05, 4.69) is 0 Å². The molecule has 0 aromatic heterocycles. The predicted molar refractivity (Wildman–Crippen MR) is 127 cm³/mol. The number of carbonyl (C=O) groups excluding carboxylic acids is 2. The maximum atomic E-state index is 13.9. The van der Waals surface area contributed by atoms with E-state index in [4.69, 9.17) is 9.05 Å². The van der Waals surface area contributed by atoms with E-state index in [0.717, 1.165) is 16.1 Å².